The van der Waals surface area contributed by atoms with E-state index in [9.17, 15) is 9.59 Å². The van der Waals surface area contributed by atoms with Crippen LogP contribution in [0.3, 0.4) is 0 Å². The maximum absolute atomic E-state index is 13.0. The zero-order valence-electron chi connectivity index (χ0n) is 17.4. The number of carbonyl (C=O) groups is 2. The highest BCUT2D eigenvalue weighted by atomic mass is 79.9. The van der Waals surface area contributed by atoms with E-state index in [1.807, 2.05) is 55.5 Å². The lowest BCUT2D eigenvalue weighted by Crippen LogP contribution is -2.47. The van der Waals surface area contributed by atoms with Crippen LogP contribution in [0.5, 0.6) is 0 Å². The molecule has 0 radical (unpaired) electrons. The van der Waals surface area contributed by atoms with Crippen molar-refractivity contribution in [2.24, 2.45) is 0 Å². The van der Waals surface area contributed by atoms with Gasteiger partial charge >= 0.3 is 0 Å². The fourth-order valence-electron chi connectivity index (χ4n) is 2.85. The van der Waals surface area contributed by atoms with Crippen LogP contribution < -0.4 is 5.32 Å². The third kappa shape index (κ3) is 8.32. The van der Waals surface area contributed by atoms with Gasteiger partial charge in [0.25, 0.3) is 0 Å². The molecule has 0 aliphatic carbocycles. The summed E-state index contributed by atoms with van der Waals surface area (Å²) in [7, 11) is 0. The molecule has 7 heteroatoms. The number of rotatable bonds is 11. The summed E-state index contributed by atoms with van der Waals surface area (Å²) in [6.45, 7) is 4.83. The number of nitrogens with one attached hydrogen (secondary N) is 1. The smallest absolute Gasteiger partial charge is 0.242 e. The average molecular weight is 512 g/mol. The summed E-state index contributed by atoms with van der Waals surface area (Å²) in [5, 5.41) is 3.62. The fraction of sp³-hybridized carbons (Fsp3) is 0.391. The molecule has 0 unspecified atom stereocenters. The van der Waals surface area contributed by atoms with Crippen LogP contribution in [0.1, 0.15) is 38.7 Å². The molecule has 0 fully saturated rings. The minimum Gasteiger partial charge on any atom is -0.354 e. The van der Waals surface area contributed by atoms with Gasteiger partial charge in [-0.25, -0.2) is 0 Å². The molecule has 0 bridgehead atoms. The lowest BCUT2D eigenvalue weighted by Gasteiger charge is -2.29. The molecule has 162 valence electrons. The van der Waals surface area contributed by atoms with Gasteiger partial charge < -0.3 is 10.2 Å². The molecule has 1 atom stereocenters. The Morgan fingerprint density at radius 1 is 1.13 bits per heavy atom. The van der Waals surface area contributed by atoms with Crippen LogP contribution in [0.25, 0.3) is 0 Å². The summed E-state index contributed by atoms with van der Waals surface area (Å²) >= 11 is 11.0. The van der Waals surface area contributed by atoms with Gasteiger partial charge in [-0.1, -0.05) is 46.6 Å². The first-order chi connectivity index (χ1) is 14.4. The van der Waals surface area contributed by atoms with Gasteiger partial charge in [0.15, 0.2) is 0 Å². The van der Waals surface area contributed by atoms with Crippen LogP contribution >= 0.6 is 39.3 Å². The van der Waals surface area contributed by atoms with Crippen molar-refractivity contribution in [1.82, 2.24) is 10.2 Å². The van der Waals surface area contributed by atoms with Crippen molar-refractivity contribution in [2.45, 2.75) is 50.6 Å². The summed E-state index contributed by atoms with van der Waals surface area (Å²) < 4.78 is 0.983. The van der Waals surface area contributed by atoms with Crippen LogP contribution in [-0.4, -0.2) is 35.1 Å². The first kappa shape index (κ1) is 24.8. The Labute approximate surface area is 196 Å². The largest absolute Gasteiger partial charge is 0.354 e. The highest BCUT2D eigenvalue weighted by Gasteiger charge is 2.25. The maximum Gasteiger partial charge on any atom is 0.242 e. The van der Waals surface area contributed by atoms with Crippen molar-refractivity contribution in [3.63, 3.8) is 0 Å². The highest BCUT2D eigenvalue weighted by Crippen LogP contribution is 2.22. The molecule has 2 aromatic carbocycles. The molecule has 2 aromatic rings. The molecule has 1 N–H and O–H groups in total. The minimum atomic E-state index is -0.517. The molecular weight excluding hydrogens is 484 g/mol. The summed E-state index contributed by atoms with van der Waals surface area (Å²) in [5.41, 5.74) is 0.997. The molecule has 4 nitrogen and oxygen atoms in total. The Balaban J connectivity index is 1.96. The Morgan fingerprint density at radius 2 is 1.80 bits per heavy atom. The van der Waals surface area contributed by atoms with E-state index in [1.54, 1.807) is 23.6 Å². The minimum absolute atomic E-state index is 0.00577. The number of halogens is 2. The SMILES string of the molecule is CCCNC(=O)[C@H](C)N(Cc1ccc(Br)cc1)C(=O)CCCSc1ccc(Cl)cc1. The van der Waals surface area contributed by atoms with Crippen molar-refractivity contribution in [1.29, 1.82) is 0 Å². The van der Waals surface area contributed by atoms with E-state index in [4.69, 9.17) is 11.6 Å². The van der Waals surface area contributed by atoms with E-state index < -0.39 is 6.04 Å². The van der Waals surface area contributed by atoms with Crippen LogP contribution in [-0.2, 0) is 16.1 Å². The van der Waals surface area contributed by atoms with Gasteiger partial charge in [0, 0.05) is 33.9 Å². The van der Waals surface area contributed by atoms with Gasteiger partial charge in [-0.05, 0) is 67.5 Å². The molecule has 0 saturated heterocycles. The highest BCUT2D eigenvalue weighted by molar-refractivity contribution is 9.10. The van der Waals surface area contributed by atoms with E-state index in [-0.39, 0.29) is 11.8 Å². The van der Waals surface area contributed by atoms with Crippen molar-refractivity contribution in [3.05, 3.63) is 63.6 Å². The molecular formula is C23H28BrClN2O2S. The number of nitrogens with zero attached hydrogens (tertiary/aromatic N) is 1. The summed E-state index contributed by atoms with van der Waals surface area (Å²) in [6, 6.07) is 15.0. The fourth-order valence-corrected chi connectivity index (χ4v) is 4.10. The predicted molar refractivity (Wildman–Crippen MR) is 129 cm³/mol. The summed E-state index contributed by atoms with van der Waals surface area (Å²) in [4.78, 5) is 28.3. The molecule has 0 saturated carbocycles. The number of hydrogen-bond donors (Lipinski definition) is 1. The number of carbonyl (C=O) groups excluding carboxylic acids is 2. The van der Waals surface area contributed by atoms with Crippen molar-refractivity contribution in [3.8, 4) is 0 Å². The van der Waals surface area contributed by atoms with Crippen LogP contribution in [0, 0.1) is 0 Å². The average Bonchev–Trinajstić information content (AvgIpc) is 2.75. The lowest BCUT2D eigenvalue weighted by molar-refractivity contribution is -0.140. The molecule has 30 heavy (non-hydrogen) atoms. The monoisotopic (exact) mass is 510 g/mol. The third-order valence-corrected chi connectivity index (χ3v) is 6.48. The molecule has 2 rings (SSSR count). The standard InChI is InChI=1S/C23H28BrClN2O2S/c1-3-14-26-23(29)17(2)27(16-18-6-8-19(24)9-7-18)22(28)5-4-15-30-21-12-10-20(25)11-13-21/h6-13,17H,3-5,14-16H2,1-2H3,(H,26,29)/t17-/m0/s1. The Bertz CT molecular complexity index is 815. The Kier molecular flexibility index (Phi) is 10.8. The first-order valence-corrected chi connectivity index (χ1v) is 12.3. The molecule has 0 aromatic heterocycles. The van der Waals surface area contributed by atoms with E-state index in [1.165, 1.54) is 0 Å². The number of amides is 2. The number of thioether (sulfide) groups is 1. The molecule has 0 aliphatic rings. The summed E-state index contributed by atoms with van der Waals surface area (Å²) in [5.74, 6) is 0.710. The Morgan fingerprint density at radius 3 is 2.43 bits per heavy atom. The van der Waals surface area contributed by atoms with Gasteiger partial charge in [-0.3, -0.25) is 9.59 Å². The van der Waals surface area contributed by atoms with Gasteiger partial charge in [0.05, 0.1) is 0 Å². The predicted octanol–water partition coefficient (Wildman–Crippen LogP) is 5.92. The zero-order chi connectivity index (χ0) is 21.9. The second kappa shape index (κ2) is 13.0. The Hall–Kier alpha value is -1.50. The van der Waals surface area contributed by atoms with E-state index in [0.717, 1.165) is 33.5 Å². The molecule has 2 amide bonds. The molecule has 0 aliphatic heterocycles. The van der Waals surface area contributed by atoms with Gasteiger partial charge in [-0.15, -0.1) is 11.8 Å². The topological polar surface area (TPSA) is 49.4 Å². The second-order valence-corrected chi connectivity index (χ2v) is 9.54. The third-order valence-electron chi connectivity index (χ3n) is 4.60. The van der Waals surface area contributed by atoms with Gasteiger partial charge in [0.2, 0.25) is 11.8 Å². The number of benzene rings is 2. The zero-order valence-corrected chi connectivity index (χ0v) is 20.5. The first-order valence-electron chi connectivity index (χ1n) is 10.1. The lowest BCUT2D eigenvalue weighted by atomic mass is 10.1. The van der Waals surface area contributed by atoms with E-state index in [0.29, 0.717) is 24.5 Å². The van der Waals surface area contributed by atoms with Gasteiger partial charge in [-0.2, -0.15) is 0 Å². The van der Waals surface area contributed by atoms with Crippen LogP contribution in [0.15, 0.2) is 57.9 Å². The number of hydrogen-bond acceptors (Lipinski definition) is 3. The van der Waals surface area contributed by atoms with E-state index >= 15 is 0 Å². The van der Waals surface area contributed by atoms with Crippen molar-refractivity contribution < 1.29 is 9.59 Å². The molecule has 0 heterocycles. The van der Waals surface area contributed by atoms with Crippen LogP contribution in [0.4, 0.5) is 0 Å². The second-order valence-electron chi connectivity index (χ2n) is 7.02. The summed E-state index contributed by atoms with van der Waals surface area (Å²) in [6.07, 6.45) is 2.01. The normalized spacial score (nSPS) is 11.7. The van der Waals surface area contributed by atoms with Crippen molar-refractivity contribution in [2.75, 3.05) is 12.3 Å². The molecule has 0 spiro atoms. The van der Waals surface area contributed by atoms with Crippen molar-refractivity contribution >= 4 is 51.1 Å². The quantitative estimate of drug-likeness (QED) is 0.301. The maximum atomic E-state index is 13.0. The van der Waals surface area contributed by atoms with Gasteiger partial charge in [0.1, 0.15) is 6.04 Å². The van der Waals surface area contributed by atoms with E-state index in [2.05, 4.69) is 21.2 Å². The van der Waals surface area contributed by atoms with Crippen LogP contribution in [0.2, 0.25) is 5.02 Å².